The van der Waals surface area contributed by atoms with Crippen LogP contribution in [0.4, 0.5) is 22.0 Å². The number of anilines is 3. The van der Waals surface area contributed by atoms with Crippen LogP contribution in [0.3, 0.4) is 0 Å². The molecule has 178 valence electrons. The summed E-state index contributed by atoms with van der Waals surface area (Å²) in [4.78, 5) is 33.6. The summed E-state index contributed by atoms with van der Waals surface area (Å²) >= 11 is 0. The number of carbonyl (C=O) groups is 2. The highest BCUT2D eigenvalue weighted by Gasteiger charge is 2.21. The number of para-hydroxylation sites is 1. The van der Waals surface area contributed by atoms with Crippen molar-refractivity contribution in [3.63, 3.8) is 0 Å². The maximum absolute atomic E-state index is 12.6. The summed E-state index contributed by atoms with van der Waals surface area (Å²) in [6, 6.07) is 7.13. The maximum atomic E-state index is 12.6. The molecule has 2 heterocycles. The fraction of sp³-hybridized carbons (Fsp3) is 0.375. The predicted octanol–water partition coefficient (Wildman–Crippen LogP) is 4.38. The lowest BCUT2D eigenvalue weighted by Gasteiger charge is -2.26. The minimum atomic E-state index is -0.310. The number of carbonyl (C=O) groups excluding carboxylic acids is 2. The number of amides is 2. The lowest BCUT2D eigenvalue weighted by atomic mass is 9.93. The molecule has 2 amide bonds. The number of pyridine rings is 1. The molecule has 0 unspecified atom stereocenters. The topological polar surface area (TPSA) is 123 Å². The highest BCUT2D eigenvalue weighted by Crippen LogP contribution is 2.37. The summed E-state index contributed by atoms with van der Waals surface area (Å²) < 4.78 is 7.44. The Hall–Kier alpha value is -3.95. The quantitative estimate of drug-likeness (QED) is 0.402. The summed E-state index contributed by atoms with van der Waals surface area (Å²) in [5.41, 5.74) is 2.29. The molecule has 1 aromatic carbocycles. The zero-order valence-electron chi connectivity index (χ0n) is 19.6. The number of hydrogen-bond acceptors (Lipinski definition) is 7. The van der Waals surface area contributed by atoms with E-state index in [4.69, 9.17) is 4.74 Å². The van der Waals surface area contributed by atoms with Gasteiger partial charge in [0.15, 0.2) is 17.4 Å². The van der Waals surface area contributed by atoms with Crippen LogP contribution in [0, 0.1) is 0 Å². The highest BCUT2D eigenvalue weighted by molar-refractivity contribution is 6.02. The van der Waals surface area contributed by atoms with Crippen molar-refractivity contribution in [1.82, 2.24) is 25.1 Å². The molecule has 3 N–H and O–H groups in total. The van der Waals surface area contributed by atoms with E-state index >= 15 is 0 Å². The van der Waals surface area contributed by atoms with Gasteiger partial charge in [0.05, 0.1) is 29.6 Å². The van der Waals surface area contributed by atoms with Crippen LogP contribution >= 0.6 is 0 Å². The van der Waals surface area contributed by atoms with Crippen LogP contribution in [0.1, 0.15) is 49.9 Å². The van der Waals surface area contributed by atoms with E-state index in [1.807, 2.05) is 25.1 Å². The SMILES string of the molecule is CCC(=O)c1cnc(NC(=O)NC2CCC2)cc1Nc1cccc(-c2ncn(CC)n2)c1OC. The Morgan fingerprint density at radius 3 is 2.65 bits per heavy atom. The first kappa shape index (κ1) is 23.2. The number of benzene rings is 1. The number of rotatable bonds is 9. The molecule has 3 aromatic rings. The van der Waals surface area contributed by atoms with E-state index in [0.29, 0.717) is 47.3 Å². The molecule has 0 spiro atoms. The molecule has 0 saturated heterocycles. The van der Waals surface area contributed by atoms with Gasteiger partial charge in [-0.2, -0.15) is 5.10 Å². The Balaban J connectivity index is 1.65. The van der Waals surface area contributed by atoms with E-state index in [-0.39, 0.29) is 17.9 Å². The van der Waals surface area contributed by atoms with E-state index < -0.39 is 0 Å². The van der Waals surface area contributed by atoms with Gasteiger partial charge in [-0.05, 0) is 38.3 Å². The molecule has 0 radical (unpaired) electrons. The number of aromatic nitrogens is 4. The van der Waals surface area contributed by atoms with Gasteiger partial charge in [-0.25, -0.2) is 14.8 Å². The third kappa shape index (κ3) is 5.00. The van der Waals surface area contributed by atoms with Crippen LogP contribution in [0.25, 0.3) is 11.4 Å². The normalized spacial score (nSPS) is 13.1. The van der Waals surface area contributed by atoms with Gasteiger partial charge in [0.1, 0.15) is 12.1 Å². The van der Waals surface area contributed by atoms with Crippen molar-refractivity contribution in [2.75, 3.05) is 17.7 Å². The van der Waals surface area contributed by atoms with Crippen LogP contribution in [0.5, 0.6) is 5.75 Å². The maximum Gasteiger partial charge on any atom is 0.320 e. The van der Waals surface area contributed by atoms with E-state index in [1.54, 1.807) is 31.1 Å². The Morgan fingerprint density at radius 1 is 1.18 bits per heavy atom. The number of Topliss-reactive ketones (excluding diaryl/α,β-unsaturated/α-hetero) is 1. The molecule has 0 atom stereocenters. The van der Waals surface area contributed by atoms with Gasteiger partial charge < -0.3 is 15.4 Å². The van der Waals surface area contributed by atoms with Crippen molar-refractivity contribution in [3.8, 4) is 17.1 Å². The van der Waals surface area contributed by atoms with Crippen molar-refractivity contribution in [2.45, 2.75) is 52.1 Å². The molecule has 1 saturated carbocycles. The minimum Gasteiger partial charge on any atom is -0.494 e. The van der Waals surface area contributed by atoms with Crippen LogP contribution in [-0.2, 0) is 6.54 Å². The van der Waals surface area contributed by atoms with Gasteiger partial charge in [0.25, 0.3) is 0 Å². The summed E-state index contributed by atoms with van der Waals surface area (Å²) in [7, 11) is 1.57. The van der Waals surface area contributed by atoms with E-state index in [1.165, 1.54) is 6.20 Å². The van der Waals surface area contributed by atoms with Crippen LogP contribution in [0.15, 0.2) is 36.8 Å². The van der Waals surface area contributed by atoms with Crippen molar-refractivity contribution in [3.05, 3.63) is 42.4 Å². The number of ketones is 1. The average Bonchev–Trinajstić information content (AvgIpc) is 3.30. The van der Waals surface area contributed by atoms with Crippen LogP contribution < -0.4 is 20.7 Å². The minimum absolute atomic E-state index is 0.0704. The summed E-state index contributed by atoms with van der Waals surface area (Å²) in [6.07, 6.45) is 6.56. The molecule has 0 aliphatic heterocycles. The van der Waals surface area contributed by atoms with Gasteiger partial charge in [0, 0.05) is 31.3 Å². The third-order valence-corrected chi connectivity index (χ3v) is 5.80. The first-order chi connectivity index (χ1) is 16.5. The van der Waals surface area contributed by atoms with Gasteiger partial charge in [-0.15, -0.1) is 0 Å². The number of hydrogen-bond donors (Lipinski definition) is 3. The molecule has 10 nitrogen and oxygen atoms in total. The first-order valence-corrected chi connectivity index (χ1v) is 11.5. The van der Waals surface area contributed by atoms with Crippen molar-refractivity contribution in [2.24, 2.45) is 0 Å². The number of aryl methyl sites for hydroxylation is 1. The van der Waals surface area contributed by atoms with E-state index in [2.05, 4.69) is 31.0 Å². The lowest BCUT2D eigenvalue weighted by molar-refractivity contribution is 0.0988. The molecular weight excluding hydrogens is 434 g/mol. The van der Waals surface area contributed by atoms with Crippen molar-refractivity contribution < 1.29 is 14.3 Å². The Morgan fingerprint density at radius 2 is 2.00 bits per heavy atom. The van der Waals surface area contributed by atoms with Gasteiger partial charge in [-0.1, -0.05) is 13.0 Å². The summed E-state index contributed by atoms with van der Waals surface area (Å²) in [5, 5.41) is 13.5. The number of methoxy groups -OCH3 is 1. The highest BCUT2D eigenvalue weighted by atomic mass is 16.5. The zero-order chi connectivity index (χ0) is 24.1. The van der Waals surface area contributed by atoms with Gasteiger partial charge in [0.2, 0.25) is 0 Å². The van der Waals surface area contributed by atoms with Gasteiger partial charge in [-0.3, -0.25) is 14.8 Å². The zero-order valence-corrected chi connectivity index (χ0v) is 19.6. The van der Waals surface area contributed by atoms with Crippen LogP contribution in [0.2, 0.25) is 0 Å². The van der Waals surface area contributed by atoms with E-state index in [9.17, 15) is 9.59 Å². The number of nitrogens with zero attached hydrogens (tertiary/aromatic N) is 4. The molecule has 0 bridgehead atoms. The summed E-state index contributed by atoms with van der Waals surface area (Å²) in [5.74, 6) is 1.35. The lowest BCUT2D eigenvalue weighted by Crippen LogP contribution is -2.42. The second-order valence-electron chi connectivity index (χ2n) is 8.05. The van der Waals surface area contributed by atoms with E-state index in [0.717, 1.165) is 24.8 Å². The molecule has 1 aliphatic rings. The number of urea groups is 1. The van der Waals surface area contributed by atoms with Crippen molar-refractivity contribution in [1.29, 1.82) is 0 Å². The Bertz CT molecular complexity index is 1190. The smallest absolute Gasteiger partial charge is 0.320 e. The molecule has 10 heteroatoms. The average molecular weight is 464 g/mol. The second kappa shape index (κ2) is 10.3. The third-order valence-electron chi connectivity index (χ3n) is 5.80. The van der Waals surface area contributed by atoms with Crippen molar-refractivity contribution >= 4 is 29.0 Å². The predicted molar refractivity (Wildman–Crippen MR) is 130 cm³/mol. The largest absolute Gasteiger partial charge is 0.494 e. The molecule has 4 rings (SSSR count). The standard InChI is InChI=1S/C24H29N7O3/c1-4-20(32)17-13-25-21(29-24(33)27-15-8-6-9-15)12-19(17)28-18-11-7-10-16(22(18)34-3)23-26-14-31(5-2)30-23/h7,10-15H,4-6,8-9H2,1-3H3,(H3,25,27,28,29,33). The number of ether oxygens (including phenoxy) is 1. The first-order valence-electron chi connectivity index (χ1n) is 11.5. The fourth-order valence-corrected chi connectivity index (χ4v) is 3.68. The van der Waals surface area contributed by atoms with Gasteiger partial charge >= 0.3 is 6.03 Å². The molecular formula is C24H29N7O3. The number of nitrogens with one attached hydrogen (secondary N) is 3. The monoisotopic (exact) mass is 463 g/mol. The molecule has 2 aromatic heterocycles. The Labute approximate surface area is 198 Å². The fourth-order valence-electron chi connectivity index (χ4n) is 3.68. The molecule has 1 fully saturated rings. The summed E-state index contributed by atoms with van der Waals surface area (Å²) in [6.45, 7) is 4.49. The molecule has 34 heavy (non-hydrogen) atoms. The second-order valence-corrected chi connectivity index (χ2v) is 8.05. The van der Waals surface area contributed by atoms with Crippen LogP contribution in [-0.4, -0.2) is 44.7 Å². The Kier molecular flexibility index (Phi) is 7.05. The molecule has 1 aliphatic carbocycles.